The van der Waals surface area contributed by atoms with Gasteiger partial charge in [0, 0.05) is 18.2 Å². The Morgan fingerprint density at radius 3 is 2.90 bits per heavy atom. The fourth-order valence-electron chi connectivity index (χ4n) is 1.85. The van der Waals surface area contributed by atoms with E-state index in [-0.39, 0.29) is 0 Å². The summed E-state index contributed by atoms with van der Waals surface area (Å²) in [5, 5.41) is 4.13. The standard InChI is InChI=1S/C14H14Cl2N4O/c15-10-2-1-5-18-14(10)21-7-6-17-12-8-11(16)19-13(20-12)9-3-4-9/h1-2,5,8-9H,3-4,6-7H2,(H,17,19,20). The molecule has 1 aliphatic carbocycles. The number of anilines is 1. The van der Waals surface area contributed by atoms with Gasteiger partial charge in [0.1, 0.15) is 28.4 Å². The molecule has 0 aromatic carbocycles. The molecule has 1 fully saturated rings. The maximum atomic E-state index is 6.00. The molecule has 21 heavy (non-hydrogen) atoms. The maximum absolute atomic E-state index is 6.00. The minimum Gasteiger partial charge on any atom is -0.475 e. The SMILES string of the molecule is Clc1cc(NCCOc2ncccc2Cl)nc(C2CC2)n1. The zero-order valence-electron chi connectivity index (χ0n) is 11.2. The van der Waals surface area contributed by atoms with Gasteiger partial charge in [0.15, 0.2) is 0 Å². The van der Waals surface area contributed by atoms with Gasteiger partial charge in [-0.15, -0.1) is 0 Å². The molecule has 5 nitrogen and oxygen atoms in total. The molecule has 2 heterocycles. The normalized spacial score (nSPS) is 14.0. The van der Waals surface area contributed by atoms with Crippen molar-refractivity contribution < 1.29 is 4.74 Å². The third-order valence-electron chi connectivity index (χ3n) is 3.03. The van der Waals surface area contributed by atoms with E-state index in [9.17, 15) is 0 Å². The zero-order chi connectivity index (χ0) is 14.7. The van der Waals surface area contributed by atoms with E-state index < -0.39 is 0 Å². The first-order valence-electron chi connectivity index (χ1n) is 6.74. The highest BCUT2D eigenvalue weighted by Gasteiger charge is 2.27. The molecule has 1 N–H and O–H groups in total. The highest BCUT2D eigenvalue weighted by Crippen LogP contribution is 2.38. The topological polar surface area (TPSA) is 59.9 Å². The number of ether oxygens (including phenoxy) is 1. The van der Waals surface area contributed by atoms with Crippen molar-refractivity contribution in [3.05, 3.63) is 40.4 Å². The molecule has 0 unspecified atom stereocenters. The number of rotatable bonds is 6. The molecule has 7 heteroatoms. The third kappa shape index (κ3) is 3.95. The van der Waals surface area contributed by atoms with Gasteiger partial charge in [0.25, 0.3) is 0 Å². The summed E-state index contributed by atoms with van der Waals surface area (Å²) in [4.78, 5) is 12.7. The highest BCUT2D eigenvalue weighted by atomic mass is 35.5. The summed E-state index contributed by atoms with van der Waals surface area (Å²) in [5.74, 6) is 2.43. The van der Waals surface area contributed by atoms with E-state index in [0.29, 0.717) is 40.9 Å². The van der Waals surface area contributed by atoms with Crippen LogP contribution in [0.5, 0.6) is 5.88 Å². The lowest BCUT2D eigenvalue weighted by Crippen LogP contribution is -2.13. The fourth-order valence-corrected chi connectivity index (χ4v) is 2.22. The third-order valence-corrected chi connectivity index (χ3v) is 3.51. The Bertz CT molecular complexity index is 634. The molecule has 0 atom stereocenters. The molecule has 0 aliphatic heterocycles. The average Bonchev–Trinajstić information content (AvgIpc) is 3.29. The molecule has 0 radical (unpaired) electrons. The number of hydrogen-bond donors (Lipinski definition) is 1. The Labute approximate surface area is 132 Å². The average molecular weight is 325 g/mol. The number of nitrogens with one attached hydrogen (secondary N) is 1. The summed E-state index contributed by atoms with van der Waals surface area (Å²) in [6.07, 6.45) is 3.92. The second kappa shape index (κ2) is 6.45. The maximum Gasteiger partial charge on any atom is 0.232 e. The van der Waals surface area contributed by atoms with Crippen LogP contribution in [0, 0.1) is 0 Å². The van der Waals surface area contributed by atoms with Crippen LogP contribution in [0.2, 0.25) is 10.2 Å². The number of pyridine rings is 1. The van der Waals surface area contributed by atoms with Crippen molar-refractivity contribution in [2.45, 2.75) is 18.8 Å². The van der Waals surface area contributed by atoms with Crippen molar-refractivity contribution in [2.75, 3.05) is 18.5 Å². The molecule has 1 aliphatic rings. The Morgan fingerprint density at radius 2 is 2.14 bits per heavy atom. The quantitative estimate of drug-likeness (QED) is 0.650. The van der Waals surface area contributed by atoms with Gasteiger partial charge in [-0.1, -0.05) is 23.2 Å². The molecule has 2 aromatic heterocycles. The van der Waals surface area contributed by atoms with Crippen molar-refractivity contribution in [2.24, 2.45) is 0 Å². The summed E-state index contributed by atoms with van der Waals surface area (Å²) in [6, 6.07) is 5.21. The summed E-state index contributed by atoms with van der Waals surface area (Å²) < 4.78 is 5.50. The second-order valence-electron chi connectivity index (χ2n) is 4.77. The summed E-state index contributed by atoms with van der Waals surface area (Å²) in [7, 11) is 0. The van der Waals surface area contributed by atoms with Gasteiger partial charge in [-0.05, 0) is 25.0 Å². The number of aromatic nitrogens is 3. The van der Waals surface area contributed by atoms with Gasteiger partial charge in [0.05, 0.1) is 6.54 Å². The van der Waals surface area contributed by atoms with Crippen LogP contribution in [-0.4, -0.2) is 28.1 Å². The summed E-state index contributed by atoms with van der Waals surface area (Å²) in [5.41, 5.74) is 0. The van der Waals surface area contributed by atoms with Gasteiger partial charge in [-0.3, -0.25) is 0 Å². The van der Waals surface area contributed by atoms with Gasteiger partial charge >= 0.3 is 0 Å². The summed E-state index contributed by atoms with van der Waals surface area (Å²) >= 11 is 12.0. The fraction of sp³-hybridized carbons (Fsp3) is 0.357. The largest absolute Gasteiger partial charge is 0.475 e. The molecule has 0 spiro atoms. The molecule has 3 rings (SSSR count). The minimum absolute atomic E-state index is 0.428. The van der Waals surface area contributed by atoms with E-state index in [1.54, 1.807) is 24.4 Å². The van der Waals surface area contributed by atoms with Gasteiger partial charge in [-0.2, -0.15) is 0 Å². The molecule has 1 saturated carbocycles. The highest BCUT2D eigenvalue weighted by molar-refractivity contribution is 6.31. The van der Waals surface area contributed by atoms with Crippen LogP contribution in [0.15, 0.2) is 24.4 Å². The van der Waals surface area contributed by atoms with E-state index in [0.717, 1.165) is 18.7 Å². The lowest BCUT2D eigenvalue weighted by Gasteiger charge is -2.09. The molecular weight excluding hydrogens is 311 g/mol. The van der Waals surface area contributed by atoms with Crippen molar-refractivity contribution >= 4 is 29.0 Å². The Hall–Kier alpha value is -1.59. The Kier molecular flexibility index (Phi) is 4.41. The first-order chi connectivity index (χ1) is 10.2. The number of hydrogen-bond acceptors (Lipinski definition) is 5. The van der Waals surface area contributed by atoms with Crippen molar-refractivity contribution in [1.29, 1.82) is 0 Å². The molecule has 0 amide bonds. The first kappa shape index (κ1) is 14.4. The van der Waals surface area contributed by atoms with E-state index >= 15 is 0 Å². The number of nitrogens with zero attached hydrogens (tertiary/aromatic N) is 3. The lowest BCUT2D eigenvalue weighted by molar-refractivity contribution is 0.320. The van der Waals surface area contributed by atoms with Crippen LogP contribution in [0.1, 0.15) is 24.6 Å². The van der Waals surface area contributed by atoms with Crippen LogP contribution in [0.25, 0.3) is 0 Å². The molecule has 0 saturated heterocycles. The van der Waals surface area contributed by atoms with Crippen LogP contribution in [0.3, 0.4) is 0 Å². The molecular formula is C14H14Cl2N4O. The monoisotopic (exact) mass is 324 g/mol. The lowest BCUT2D eigenvalue weighted by atomic mass is 10.4. The molecule has 0 bridgehead atoms. The second-order valence-corrected chi connectivity index (χ2v) is 5.57. The Morgan fingerprint density at radius 1 is 1.29 bits per heavy atom. The van der Waals surface area contributed by atoms with Gasteiger partial charge < -0.3 is 10.1 Å². The van der Waals surface area contributed by atoms with Crippen molar-refractivity contribution in [3.63, 3.8) is 0 Å². The van der Waals surface area contributed by atoms with E-state index in [2.05, 4.69) is 20.3 Å². The van der Waals surface area contributed by atoms with Crippen molar-refractivity contribution in [3.8, 4) is 5.88 Å². The van der Waals surface area contributed by atoms with Crippen LogP contribution < -0.4 is 10.1 Å². The zero-order valence-corrected chi connectivity index (χ0v) is 12.7. The van der Waals surface area contributed by atoms with Crippen LogP contribution in [0.4, 0.5) is 5.82 Å². The smallest absolute Gasteiger partial charge is 0.232 e. The van der Waals surface area contributed by atoms with Crippen molar-refractivity contribution in [1.82, 2.24) is 15.0 Å². The van der Waals surface area contributed by atoms with Gasteiger partial charge in [-0.25, -0.2) is 15.0 Å². The first-order valence-corrected chi connectivity index (χ1v) is 7.49. The predicted octanol–water partition coefficient (Wildman–Crippen LogP) is 3.55. The van der Waals surface area contributed by atoms with Crippen LogP contribution in [-0.2, 0) is 0 Å². The predicted molar refractivity (Wildman–Crippen MR) is 82.2 cm³/mol. The van der Waals surface area contributed by atoms with E-state index in [1.807, 2.05) is 0 Å². The summed E-state index contributed by atoms with van der Waals surface area (Å²) in [6.45, 7) is 1.00. The van der Waals surface area contributed by atoms with E-state index in [4.69, 9.17) is 27.9 Å². The number of halogens is 2. The van der Waals surface area contributed by atoms with Crippen LogP contribution >= 0.6 is 23.2 Å². The molecule has 110 valence electrons. The van der Waals surface area contributed by atoms with E-state index in [1.165, 1.54) is 0 Å². The minimum atomic E-state index is 0.428. The Balaban J connectivity index is 1.52. The molecule has 2 aromatic rings. The van der Waals surface area contributed by atoms with Gasteiger partial charge in [0.2, 0.25) is 5.88 Å².